The number of fused-ring (bicyclic) bond motifs is 1. The van der Waals surface area contributed by atoms with Crippen LogP contribution in [0.2, 0.25) is 0 Å². The second-order valence-corrected chi connectivity index (χ2v) is 6.41. The lowest BCUT2D eigenvalue weighted by Gasteiger charge is -2.24. The van der Waals surface area contributed by atoms with Gasteiger partial charge in [-0.25, -0.2) is 4.98 Å². The minimum Gasteiger partial charge on any atom is -0.358 e. The lowest BCUT2D eigenvalue weighted by molar-refractivity contribution is -0.135. The van der Waals surface area contributed by atoms with E-state index in [0.717, 1.165) is 12.1 Å². The van der Waals surface area contributed by atoms with Crippen LogP contribution in [0.3, 0.4) is 0 Å². The Morgan fingerprint density at radius 2 is 2.04 bits per heavy atom. The Morgan fingerprint density at radius 3 is 2.68 bits per heavy atom. The van der Waals surface area contributed by atoms with Crippen LogP contribution in [-0.4, -0.2) is 29.8 Å². The van der Waals surface area contributed by atoms with Crippen LogP contribution in [0, 0.1) is 6.92 Å². The molecule has 1 unspecified atom stereocenters. The van der Waals surface area contributed by atoms with Gasteiger partial charge in [0, 0.05) is 12.5 Å². The molecule has 0 radical (unpaired) electrons. The fourth-order valence-electron chi connectivity index (χ4n) is 2.75. The van der Waals surface area contributed by atoms with E-state index in [1.807, 2.05) is 0 Å². The highest BCUT2D eigenvalue weighted by atomic mass is 32.3. The largest absolute Gasteiger partial charge is 0.488 e. The highest BCUT2D eigenvalue weighted by Crippen LogP contribution is 2.22. The second kappa shape index (κ2) is 5.92. The normalized spacial score (nSPS) is 18.2. The van der Waals surface area contributed by atoms with Crippen molar-refractivity contribution in [2.45, 2.75) is 25.8 Å². The zero-order valence-electron chi connectivity index (χ0n) is 12.9. The van der Waals surface area contributed by atoms with E-state index in [9.17, 15) is 26.7 Å². The van der Waals surface area contributed by atoms with Crippen molar-refractivity contribution in [2.75, 3.05) is 0 Å². The minimum atomic E-state index is -5.20. The number of nitrogens with one attached hydrogen (secondary N) is 1. The summed E-state index contributed by atoms with van der Waals surface area (Å²) in [5, 5.41) is 2.27. The lowest BCUT2D eigenvalue weighted by atomic mass is 10.1. The topological polar surface area (TPSA) is 124 Å². The first-order chi connectivity index (χ1) is 11.7. The van der Waals surface area contributed by atoms with Crippen molar-refractivity contribution in [3.05, 3.63) is 34.4 Å². The van der Waals surface area contributed by atoms with Crippen molar-refractivity contribution in [2.24, 2.45) is 0 Å². The van der Waals surface area contributed by atoms with Crippen molar-refractivity contribution < 1.29 is 26.1 Å². The predicted octanol–water partition coefficient (Wildman–Crippen LogP) is 0.276. The molecule has 0 aliphatic carbocycles. The van der Waals surface area contributed by atoms with Crippen LogP contribution < -0.4 is 15.1 Å². The summed E-state index contributed by atoms with van der Waals surface area (Å²) in [6.07, 6.45) is 0.265. The Balaban J connectivity index is 2.11. The third kappa shape index (κ3) is 3.36. The van der Waals surface area contributed by atoms with Crippen molar-refractivity contribution in [1.29, 1.82) is 0 Å². The molecule has 1 aromatic carbocycles. The lowest BCUT2D eigenvalue weighted by Crippen LogP contribution is -2.45. The Bertz CT molecular complexity index is 1060. The summed E-state index contributed by atoms with van der Waals surface area (Å²) in [6, 6.07) is 2.57. The van der Waals surface area contributed by atoms with Gasteiger partial charge in [-0.15, -0.1) is 0 Å². The molecule has 1 aromatic heterocycles. The van der Waals surface area contributed by atoms with Crippen LogP contribution in [-0.2, 0) is 20.1 Å². The number of carbonyl (C=O) groups excluding carboxylic acids is 2. The number of hydrogen-bond donors (Lipinski definition) is 1. The molecule has 2 amide bonds. The highest BCUT2D eigenvalue weighted by Gasteiger charge is 2.30. The van der Waals surface area contributed by atoms with E-state index < -0.39 is 33.9 Å². The van der Waals surface area contributed by atoms with Gasteiger partial charge in [-0.2, -0.15) is 8.42 Å². The number of piperidine rings is 1. The summed E-state index contributed by atoms with van der Waals surface area (Å²) in [5.74, 6) is -1.15. The third-order valence-corrected chi connectivity index (χ3v) is 4.16. The number of aryl methyl sites for hydroxylation is 1. The van der Waals surface area contributed by atoms with Crippen LogP contribution in [0.25, 0.3) is 10.9 Å². The van der Waals surface area contributed by atoms with Gasteiger partial charge in [0.05, 0.1) is 10.9 Å². The molecule has 1 fully saturated rings. The number of rotatable bonds is 3. The summed E-state index contributed by atoms with van der Waals surface area (Å²) in [7, 11) is -5.20. The van der Waals surface area contributed by atoms with Crippen LogP contribution in [0.15, 0.2) is 23.0 Å². The van der Waals surface area contributed by atoms with Crippen molar-refractivity contribution in [3.8, 4) is 5.75 Å². The van der Waals surface area contributed by atoms with Crippen molar-refractivity contribution in [1.82, 2.24) is 14.9 Å². The number of carbonyl (C=O) groups is 2. The zero-order chi connectivity index (χ0) is 18.4. The van der Waals surface area contributed by atoms with Gasteiger partial charge < -0.3 is 4.18 Å². The van der Waals surface area contributed by atoms with Crippen LogP contribution in [0.5, 0.6) is 5.75 Å². The molecule has 1 N–H and O–H groups in total. The first-order valence-electron chi connectivity index (χ1n) is 7.16. The Kier molecular flexibility index (Phi) is 4.03. The Hall–Kier alpha value is -2.82. The van der Waals surface area contributed by atoms with Gasteiger partial charge in [-0.05, 0) is 25.5 Å². The van der Waals surface area contributed by atoms with Gasteiger partial charge in [0.15, 0.2) is 0 Å². The van der Waals surface area contributed by atoms with Gasteiger partial charge in [0.1, 0.15) is 17.6 Å². The molecular weight excluding hydrogens is 357 g/mol. The van der Waals surface area contributed by atoms with Crippen LogP contribution >= 0.6 is 0 Å². The molecule has 2 heterocycles. The number of hydrogen-bond acceptors (Lipinski definition) is 7. The van der Waals surface area contributed by atoms with Crippen molar-refractivity contribution in [3.63, 3.8) is 0 Å². The Morgan fingerprint density at radius 1 is 1.32 bits per heavy atom. The highest BCUT2D eigenvalue weighted by molar-refractivity contribution is 7.81. The van der Waals surface area contributed by atoms with Gasteiger partial charge >= 0.3 is 10.5 Å². The van der Waals surface area contributed by atoms with E-state index in [4.69, 9.17) is 0 Å². The number of halogens is 1. The van der Waals surface area contributed by atoms with Gasteiger partial charge in [-0.3, -0.25) is 24.3 Å². The smallest absolute Gasteiger partial charge is 0.358 e. The molecular formula is C14H12FN3O6S. The summed E-state index contributed by atoms with van der Waals surface area (Å²) in [6.45, 7) is 1.49. The first-order valence-corrected chi connectivity index (χ1v) is 8.47. The number of nitrogens with zero attached hydrogens (tertiary/aromatic N) is 2. The number of benzene rings is 1. The van der Waals surface area contributed by atoms with Crippen LogP contribution in [0.1, 0.15) is 24.7 Å². The van der Waals surface area contributed by atoms with E-state index >= 15 is 0 Å². The Labute approximate surface area is 140 Å². The second-order valence-electron chi connectivity index (χ2n) is 5.46. The maximum absolute atomic E-state index is 12.7. The molecule has 0 bridgehead atoms. The monoisotopic (exact) mass is 369 g/mol. The molecule has 1 aliphatic rings. The van der Waals surface area contributed by atoms with Gasteiger partial charge in [-0.1, -0.05) is 3.89 Å². The average molecular weight is 369 g/mol. The molecule has 1 saturated heterocycles. The summed E-state index contributed by atoms with van der Waals surface area (Å²) >= 11 is 0. The van der Waals surface area contributed by atoms with E-state index in [1.165, 1.54) is 17.6 Å². The minimum absolute atomic E-state index is 0.0900. The number of aromatic nitrogens is 2. The molecule has 25 heavy (non-hydrogen) atoms. The molecule has 9 nitrogen and oxygen atoms in total. The molecule has 1 aliphatic heterocycles. The quantitative estimate of drug-likeness (QED) is 0.608. The molecule has 11 heteroatoms. The fraction of sp³-hybridized carbons (Fsp3) is 0.286. The van der Waals surface area contributed by atoms with E-state index in [1.54, 1.807) is 0 Å². The van der Waals surface area contributed by atoms with Gasteiger partial charge in [0.2, 0.25) is 11.8 Å². The average Bonchev–Trinajstić information content (AvgIpc) is 2.47. The summed E-state index contributed by atoms with van der Waals surface area (Å²) in [5.41, 5.74) is -0.446. The van der Waals surface area contributed by atoms with Gasteiger partial charge in [0.25, 0.3) is 5.56 Å². The molecule has 2 aromatic rings. The van der Waals surface area contributed by atoms with E-state index in [0.29, 0.717) is 0 Å². The van der Waals surface area contributed by atoms with E-state index in [2.05, 4.69) is 14.5 Å². The maximum Gasteiger partial charge on any atom is 0.488 e. The fourth-order valence-corrected chi connectivity index (χ4v) is 3.09. The molecule has 1 atom stereocenters. The summed E-state index contributed by atoms with van der Waals surface area (Å²) in [4.78, 5) is 40.1. The van der Waals surface area contributed by atoms with E-state index in [-0.39, 0.29) is 35.3 Å². The predicted molar refractivity (Wildman–Crippen MR) is 82.8 cm³/mol. The molecule has 0 saturated carbocycles. The molecule has 0 spiro atoms. The third-order valence-electron chi connectivity index (χ3n) is 3.77. The standard InChI is InChI=1S/C14H12FN3O6S/c1-7-16-10-6-8(24-25(15,22)23)2-3-9(10)14(21)18(7)11-4-5-12(19)17-13(11)20/h2-3,6,11H,4-5H2,1H3,(H,17,19,20). The maximum atomic E-state index is 12.7. The first kappa shape index (κ1) is 17.0. The number of amides is 2. The van der Waals surface area contributed by atoms with Crippen LogP contribution in [0.4, 0.5) is 3.89 Å². The zero-order valence-corrected chi connectivity index (χ0v) is 13.7. The van der Waals surface area contributed by atoms with Crippen molar-refractivity contribution >= 4 is 33.2 Å². The SMILES string of the molecule is Cc1nc2cc(OS(=O)(=O)F)ccc2c(=O)n1C1CCC(=O)NC1=O. The summed E-state index contributed by atoms with van der Waals surface area (Å²) < 4.78 is 39.0. The molecule has 3 rings (SSSR count). The number of imide groups is 1. The molecule has 132 valence electrons.